The first-order valence-corrected chi connectivity index (χ1v) is 8.85. The zero-order valence-electron chi connectivity index (χ0n) is 15.9. The van der Waals surface area contributed by atoms with Crippen LogP contribution in [0.3, 0.4) is 0 Å². The quantitative estimate of drug-likeness (QED) is 0.530. The third-order valence-electron chi connectivity index (χ3n) is 3.91. The maximum Gasteiger partial charge on any atom is 0.355 e. The molecule has 0 unspecified atom stereocenters. The fourth-order valence-corrected chi connectivity index (χ4v) is 2.53. The Balaban J connectivity index is 2.20. The number of benzene rings is 1. The van der Waals surface area contributed by atoms with E-state index in [1.165, 1.54) is 11.9 Å². The monoisotopic (exact) mass is 376 g/mol. The molecule has 0 bridgehead atoms. The summed E-state index contributed by atoms with van der Waals surface area (Å²) in [5.74, 6) is -1.88. The number of ether oxygens (including phenoxy) is 3. The SMILES string of the molecule is CCOC(=O)[C@H](C)OC(=O)C1=NN(c2ccc(C)cc2)[C@@H](C(=O)OCC)C1. The van der Waals surface area contributed by atoms with Gasteiger partial charge in [0.25, 0.3) is 0 Å². The second-order valence-electron chi connectivity index (χ2n) is 6.00. The minimum Gasteiger partial charge on any atom is -0.464 e. The number of carbonyl (C=O) groups excluding carboxylic acids is 3. The van der Waals surface area contributed by atoms with E-state index in [2.05, 4.69) is 5.10 Å². The van der Waals surface area contributed by atoms with Crippen molar-refractivity contribution in [3.63, 3.8) is 0 Å². The summed E-state index contributed by atoms with van der Waals surface area (Å²) >= 11 is 0. The van der Waals surface area contributed by atoms with Crippen molar-refractivity contribution in [2.45, 2.75) is 46.3 Å². The first-order chi connectivity index (χ1) is 12.9. The molecule has 8 nitrogen and oxygen atoms in total. The number of hydrogen-bond donors (Lipinski definition) is 0. The molecule has 0 N–H and O–H groups in total. The van der Waals surface area contributed by atoms with Gasteiger partial charge in [-0.15, -0.1) is 0 Å². The van der Waals surface area contributed by atoms with Gasteiger partial charge in [0, 0.05) is 6.42 Å². The number of carbonyl (C=O) groups is 3. The Kier molecular flexibility index (Phi) is 6.92. The smallest absolute Gasteiger partial charge is 0.355 e. The Morgan fingerprint density at radius 3 is 2.37 bits per heavy atom. The van der Waals surface area contributed by atoms with Crippen LogP contribution in [0.25, 0.3) is 0 Å². The average Bonchev–Trinajstić information content (AvgIpc) is 3.08. The number of esters is 3. The first kappa shape index (κ1) is 20.4. The zero-order chi connectivity index (χ0) is 20.0. The third-order valence-corrected chi connectivity index (χ3v) is 3.91. The van der Waals surface area contributed by atoms with Crippen LogP contribution in [0, 0.1) is 6.92 Å². The van der Waals surface area contributed by atoms with Crippen molar-refractivity contribution in [1.29, 1.82) is 0 Å². The number of nitrogens with zero attached hydrogens (tertiary/aromatic N) is 2. The van der Waals surface area contributed by atoms with E-state index in [1.807, 2.05) is 19.1 Å². The van der Waals surface area contributed by atoms with E-state index in [0.29, 0.717) is 5.69 Å². The highest BCUT2D eigenvalue weighted by atomic mass is 16.6. The molecule has 0 saturated heterocycles. The normalized spacial score (nSPS) is 17.1. The molecule has 0 aliphatic carbocycles. The van der Waals surface area contributed by atoms with Gasteiger partial charge in [-0.2, -0.15) is 5.10 Å². The van der Waals surface area contributed by atoms with Crippen molar-refractivity contribution in [2.24, 2.45) is 5.10 Å². The fraction of sp³-hybridized carbons (Fsp3) is 0.474. The van der Waals surface area contributed by atoms with Gasteiger partial charge in [0.2, 0.25) is 0 Å². The third kappa shape index (κ3) is 5.06. The van der Waals surface area contributed by atoms with Gasteiger partial charge in [-0.05, 0) is 39.8 Å². The molecule has 0 spiro atoms. The van der Waals surface area contributed by atoms with Crippen LogP contribution in [0.4, 0.5) is 5.69 Å². The van der Waals surface area contributed by atoms with Gasteiger partial charge < -0.3 is 14.2 Å². The van der Waals surface area contributed by atoms with Gasteiger partial charge in [0.1, 0.15) is 5.71 Å². The van der Waals surface area contributed by atoms with E-state index in [0.717, 1.165) is 5.56 Å². The minimum atomic E-state index is -1.06. The van der Waals surface area contributed by atoms with Crippen molar-refractivity contribution >= 4 is 29.3 Å². The molecule has 0 aromatic heterocycles. The van der Waals surface area contributed by atoms with E-state index >= 15 is 0 Å². The highest BCUT2D eigenvalue weighted by molar-refractivity contribution is 6.38. The predicted octanol–water partition coefficient (Wildman–Crippen LogP) is 1.99. The van der Waals surface area contributed by atoms with Crippen LogP contribution >= 0.6 is 0 Å². The molecule has 0 amide bonds. The largest absolute Gasteiger partial charge is 0.464 e. The van der Waals surface area contributed by atoms with Crippen LogP contribution in [0.1, 0.15) is 32.8 Å². The van der Waals surface area contributed by atoms with Crippen LogP contribution in [-0.4, -0.2) is 49.0 Å². The van der Waals surface area contributed by atoms with Crippen molar-refractivity contribution < 1.29 is 28.6 Å². The molecule has 146 valence electrons. The summed E-state index contributed by atoms with van der Waals surface area (Å²) in [6.07, 6.45) is -1.03. The van der Waals surface area contributed by atoms with Gasteiger partial charge in [-0.1, -0.05) is 17.7 Å². The summed E-state index contributed by atoms with van der Waals surface area (Å²) in [5.41, 5.74) is 1.75. The average molecular weight is 376 g/mol. The molecule has 1 aromatic rings. The van der Waals surface area contributed by atoms with Gasteiger partial charge in [-0.3, -0.25) is 5.01 Å². The minimum absolute atomic E-state index is 0.0289. The lowest BCUT2D eigenvalue weighted by Crippen LogP contribution is -2.36. The van der Waals surface area contributed by atoms with Crippen LogP contribution in [-0.2, 0) is 28.6 Å². The molecule has 1 aliphatic heterocycles. The summed E-state index contributed by atoms with van der Waals surface area (Å²) in [6, 6.07) is 6.60. The van der Waals surface area contributed by atoms with E-state index in [1.54, 1.807) is 26.0 Å². The summed E-state index contributed by atoms with van der Waals surface area (Å²) < 4.78 is 15.0. The number of anilines is 1. The number of aryl methyl sites for hydroxylation is 1. The van der Waals surface area contributed by atoms with E-state index in [9.17, 15) is 14.4 Å². The zero-order valence-corrected chi connectivity index (χ0v) is 15.9. The number of hydrogen-bond acceptors (Lipinski definition) is 8. The van der Waals surface area contributed by atoms with Crippen molar-refractivity contribution in [3.05, 3.63) is 29.8 Å². The Bertz CT molecular complexity index is 728. The summed E-state index contributed by atoms with van der Waals surface area (Å²) in [6.45, 7) is 7.15. The van der Waals surface area contributed by atoms with Crippen LogP contribution < -0.4 is 5.01 Å². The van der Waals surface area contributed by atoms with E-state index in [4.69, 9.17) is 14.2 Å². The maximum atomic E-state index is 12.4. The van der Waals surface area contributed by atoms with Gasteiger partial charge in [0.15, 0.2) is 12.1 Å². The molecule has 27 heavy (non-hydrogen) atoms. The molecular formula is C19H24N2O6. The summed E-state index contributed by atoms with van der Waals surface area (Å²) in [7, 11) is 0. The molecule has 1 aliphatic rings. The standard InChI is InChI=1S/C19H24N2O6/c1-5-25-17(22)13(4)27-18(23)15-11-16(19(24)26-6-2)21(20-15)14-9-7-12(3)8-10-14/h7-10,13,16H,5-6,11H2,1-4H3/t13-,16+/m0/s1. The molecule has 0 radical (unpaired) electrons. The molecule has 1 heterocycles. The number of hydrazone groups is 1. The van der Waals surface area contributed by atoms with Gasteiger partial charge >= 0.3 is 17.9 Å². The summed E-state index contributed by atoms with van der Waals surface area (Å²) in [5, 5.41) is 5.70. The van der Waals surface area contributed by atoms with Crippen molar-refractivity contribution in [3.8, 4) is 0 Å². The molecule has 2 rings (SSSR count). The molecular weight excluding hydrogens is 352 g/mol. The lowest BCUT2D eigenvalue weighted by Gasteiger charge is -2.21. The van der Waals surface area contributed by atoms with E-state index < -0.39 is 30.1 Å². The molecule has 1 aromatic carbocycles. The highest BCUT2D eigenvalue weighted by Gasteiger charge is 2.38. The van der Waals surface area contributed by atoms with E-state index in [-0.39, 0.29) is 25.3 Å². The lowest BCUT2D eigenvalue weighted by molar-refractivity contribution is -0.162. The topological polar surface area (TPSA) is 94.5 Å². The Morgan fingerprint density at radius 2 is 1.78 bits per heavy atom. The molecule has 0 saturated carbocycles. The molecule has 0 fully saturated rings. The van der Waals surface area contributed by atoms with Crippen molar-refractivity contribution in [2.75, 3.05) is 18.2 Å². The van der Waals surface area contributed by atoms with Crippen LogP contribution in [0.5, 0.6) is 0 Å². The van der Waals surface area contributed by atoms with Crippen LogP contribution in [0.2, 0.25) is 0 Å². The second kappa shape index (κ2) is 9.16. The van der Waals surface area contributed by atoms with Gasteiger partial charge in [-0.25, -0.2) is 14.4 Å². The Hall–Kier alpha value is -2.90. The summed E-state index contributed by atoms with van der Waals surface area (Å²) in [4.78, 5) is 36.3. The van der Waals surface area contributed by atoms with Crippen molar-refractivity contribution in [1.82, 2.24) is 0 Å². The second-order valence-corrected chi connectivity index (χ2v) is 6.00. The Morgan fingerprint density at radius 1 is 1.15 bits per heavy atom. The number of rotatable bonds is 7. The Labute approximate surface area is 158 Å². The predicted molar refractivity (Wildman–Crippen MR) is 98.3 cm³/mol. The maximum absolute atomic E-state index is 12.4. The molecule has 2 atom stereocenters. The lowest BCUT2D eigenvalue weighted by atomic mass is 10.1. The highest BCUT2D eigenvalue weighted by Crippen LogP contribution is 2.26. The van der Waals surface area contributed by atoms with Gasteiger partial charge in [0.05, 0.1) is 18.9 Å². The van der Waals surface area contributed by atoms with Crippen LogP contribution in [0.15, 0.2) is 29.4 Å². The first-order valence-electron chi connectivity index (χ1n) is 8.85. The molecule has 8 heteroatoms. The fourth-order valence-electron chi connectivity index (χ4n) is 2.53.